The zero-order valence-corrected chi connectivity index (χ0v) is 11.4. The lowest BCUT2D eigenvalue weighted by molar-refractivity contribution is 0.144. The van der Waals surface area contributed by atoms with Crippen molar-refractivity contribution >= 4 is 5.82 Å². The van der Waals surface area contributed by atoms with Gasteiger partial charge in [0, 0.05) is 12.4 Å². The molecule has 0 amide bonds. The van der Waals surface area contributed by atoms with E-state index in [1.165, 1.54) is 6.42 Å². The van der Waals surface area contributed by atoms with Crippen LogP contribution in [0.15, 0.2) is 36.9 Å². The quantitative estimate of drug-likeness (QED) is 0.842. The molecule has 5 nitrogen and oxygen atoms in total. The highest BCUT2D eigenvalue weighted by molar-refractivity contribution is 5.40. The van der Waals surface area contributed by atoms with Crippen LogP contribution in [0, 0.1) is 0 Å². The van der Waals surface area contributed by atoms with Crippen molar-refractivity contribution in [1.82, 2.24) is 14.5 Å². The van der Waals surface area contributed by atoms with Gasteiger partial charge in [-0.25, -0.2) is 9.97 Å². The van der Waals surface area contributed by atoms with E-state index in [-0.39, 0.29) is 12.1 Å². The molecule has 0 aromatic carbocycles. The van der Waals surface area contributed by atoms with E-state index >= 15 is 0 Å². The van der Waals surface area contributed by atoms with E-state index in [1.807, 2.05) is 29.0 Å². The van der Waals surface area contributed by atoms with Crippen LogP contribution >= 0.6 is 0 Å². The summed E-state index contributed by atoms with van der Waals surface area (Å²) in [6, 6.07) is 5.95. The highest BCUT2D eigenvalue weighted by Gasteiger charge is 2.21. The van der Waals surface area contributed by atoms with Crippen molar-refractivity contribution in [3.63, 3.8) is 0 Å². The standard InChI is InChI=1S/C15H20N4O/c20-13-6-3-1-2-5-12(13)17-14-7-4-8-15(18-14)19-10-9-16-11-19/h4,7-13,20H,1-3,5-6H2,(H,17,18)/t12-,13-/m1/s1. The molecule has 1 fully saturated rings. The Kier molecular flexibility index (Phi) is 3.97. The van der Waals surface area contributed by atoms with E-state index in [0.29, 0.717) is 0 Å². The molecule has 106 valence electrons. The smallest absolute Gasteiger partial charge is 0.140 e. The van der Waals surface area contributed by atoms with E-state index in [1.54, 1.807) is 12.5 Å². The van der Waals surface area contributed by atoms with Gasteiger partial charge in [0.05, 0.1) is 12.1 Å². The van der Waals surface area contributed by atoms with Gasteiger partial charge in [0.25, 0.3) is 0 Å². The highest BCUT2D eigenvalue weighted by atomic mass is 16.3. The summed E-state index contributed by atoms with van der Waals surface area (Å²) in [7, 11) is 0. The lowest BCUT2D eigenvalue weighted by atomic mass is 10.1. The van der Waals surface area contributed by atoms with Crippen molar-refractivity contribution in [2.75, 3.05) is 5.32 Å². The van der Waals surface area contributed by atoms with Gasteiger partial charge in [0.2, 0.25) is 0 Å². The van der Waals surface area contributed by atoms with Gasteiger partial charge in [-0.05, 0) is 25.0 Å². The number of aromatic nitrogens is 3. The number of aliphatic hydroxyl groups is 1. The number of rotatable bonds is 3. The second-order valence-electron chi connectivity index (χ2n) is 5.31. The molecule has 1 aliphatic rings. The molecule has 0 bridgehead atoms. The molecule has 1 aliphatic carbocycles. The summed E-state index contributed by atoms with van der Waals surface area (Å²) in [6.07, 6.45) is 10.4. The van der Waals surface area contributed by atoms with Gasteiger partial charge in [0.15, 0.2) is 0 Å². The Bertz CT molecular complexity index is 541. The van der Waals surface area contributed by atoms with Crippen molar-refractivity contribution in [3.8, 4) is 5.82 Å². The number of anilines is 1. The molecule has 0 unspecified atom stereocenters. The maximum Gasteiger partial charge on any atom is 0.140 e. The molecule has 2 aromatic heterocycles. The minimum absolute atomic E-state index is 0.100. The average molecular weight is 272 g/mol. The summed E-state index contributed by atoms with van der Waals surface area (Å²) in [4.78, 5) is 8.61. The molecular weight excluding hydrogens is 252 g/mol. The first-order valence-electron chi connectivity index (χ1n) is 7.23. The normalized spacial score (nSPS) is 23.2. The number of pyridine rings is 1. The molecule has 0 radical (unpaired) electrons. The minimum Gasteiger partial charge on any atom is -0.391 e. The summed E-state index contributed by atoms with van der Waals surface area (Å²) < 4.78 is 1.87. The third kappa shape index (κ3) is 2.99. The Morgan fingerprint density at radius 2 is 2.10 bits per heavy atom. The summed E-state index contributed by atoms with van der Waals surface area (Å²) in [6.45, 7) is 0. The number of hydrogen-bond acceptors (Lipinski definition) is 4. The van der Waals surface area contributed by atoms with Crippen LogP contribution in [0.3, 0.4) is 0 Å². The first-order valence-corrected chi connectivity index (χ1v) is 7.23. The molecule has 5 heteroatoms. The van der Waals surface area contributed by atoms with Gasteiger partial charge >= 0.3 is 0 Å². The maximum absolute atomic E-state index is 10.2. The molecule has 2 aromatic rings. The Balaban J connectivity index is 1.75. The van der Waals surface area contributed by atoms with Crippen LogP contribution in [0.1, 0.15) is 32.1 Å². The molecule has 2 atom stereocenters. The first-order chi connectivity index (χ1) is 9.83. The van der Waals surface area contributed by atoms with Crippen LogP contribution in [-0.4, -0.2) is 31.8 Å². The second-order valence-corrected chi connectivity index (χ2v) is 5.31. The molecule has 3 rings (SSSR count). The first kappa shape index (κ1) is 13.1. The number of aliphatic hydroxyl groups excluding tert-OH is 1. The van der Waals surface area contributed by atoms with E-state index in [0.717, 1.165) is 37.3 Å². The van der Waals surface area contributed by atoms with Gasteiger partial charge < -0.3 is 10.4 Å². The lowest BCUT2D eigenvalue weighted by Crippen LogP contribution is -2.32. The van der Waals surface area contributed by atoms with Crippen molar-refractivity contribution in [2.24, 2.45) is 0 Å². The summed E-state index contributed by atoms with van der Waals surface area (Å²) >= 11 is 0. The van der Waals surface area contributed by atoms with Crippen LogP contribution in [0.2, 0.25) is 0 Å². The predicted octanol–water partition coefficient (Wildman–Crippen LogP) is 2.37. The minimum atomic E-state index is -0.281. The van der Waals surface area contributed by atoms with Crippen LogP contribution in [0.4, 0.5) is 5.82 Å². The van der Waals surface area contributed by atoms with Crippen molar-refractivity contribution in [3.05, 3.63) is 36.9 Å². The molecule has 2 N–H and O–H groups in total. The second kappa shape index (κ2) is 6.05. The van der Waals surface area contributed by atoms with Gasteiger partial charge in [-0.15, -0.1) is 0 Å². The maximum atomic E-state index is 10.2. The summed E-state index contributed by atoms with van der Waals surface area (Å²) in [5, 5.41) is 13.5. The summed E-state index contributed by atoms with van der Waals surface area (Å²) in [5.41, 5.74) is 0. The van der Waals surface area contributed by atoms with Crippen molar-refractivity contribution in [2.45, 2.75) is 44.2 Å². The third-order valence-electron chi connectivity index (χ3n) is 3.82. The zero-order valence-electron chi connectivity index (χ0n) is 11.4. The van der Waals surface area contributed by atoms with E-state index in [4.69, 9.17) is 0 Å². The monoisotopic (exact) mass is 272 g/mol. The lowest BCUT2D eigenvalue weighted by Gasteiger charge is -2.22. The fraction of sp³-hybridized carbons (Fsp3) is 0.467. The third-order valence-corrected chi connectivity index (χ3v) is 3.82. The molecular formula is C15H20N4O. The highest BCUT2D eigenvalue weighted by Crippen LogP contribution is 2.21. The number of nitrogens with one attached hydrogen (secondary N) is 1. The van der Waals surface area contributed by atoms with E-state index in [9.17, 15) is 5.11 Å². The molecule has 0 spiro atoms. The molecule has 0 saturated heterocycles. The van der Waals surface area contributed by atoms with E-state index in [2.05, 4.69) is 15.3 Å². The Hall–Kier alpha value is -1.88. The fourth-order valence-electron chi connectivity index (χ4n) is 2.69. The van der Waals surface area contributed by atoms with E-state index < -0.39 is 0 Å². The van der Waals surface area contributed by atoms with Gasteiger partial charge in [-0.1, -0.05) is 25.3 Å². The predicted molar refractivity (Wildman–Crippen MR) is 77.9 cm³/mol. The largest absolute Gasteiger partial charge is 0.391 e. The molecule has 0 aliphatic heterocycles. The topological polar surface area (TPSA) is 63.0 Å². The van der Waals surface area contributed by atoms with Crippen molar-refractivity contribution < 1.29 is 5.11 Å². The van der Waals surface area contributed by atoms with Gasteiger partial charge in [0.1, 0.15) is 18.0 Å². The number of nitrogens with zero attached hydrogens (tertiary/aromatic N) is 3. The van der Waals surface area contributed by atoms with Crippen LogP contribution < -0.4 is 5.32 Å². The SMILES string of the molecule is O[C@@H]1CCCCC[C@H]1Nc1cccc(-n2ccnc2)n1. The number of hydrogen-bond donors (Lipinski definition) is 2. The number of imidazole rings is 1. The summed E-state index contributed by atoms with van der Waals surface area (Å²) in [5.74, 6) is 1.64. The van der Waals surface area contributed by atoms with Crippen LogP contribution in [-0.2, 0) is 0 Å². The Morgan fingerprint density at radius 1 is 1.20 bits per heavy atom. The Labute approximate surface area is 118 Å². The van der Waals surface area contributed by atoms with Gasteiger partial charge in [-0.3, -0.25) is 4.57 Å². The zero-order chi connectivity index (χ0) is 13.8. The molecule has 1 saturated carbocycles. The average Bonchev–Trinajstić information content (AvgIpc) is 2.93. The fourth-order valence-corrected chi connectivity index (χ4v) is 2.69. The van der Waals surface area contributed by atoms with Crippen LogP contribution in [0.25, 0.3) is 5.82 Å². The van der Waals surface area contributed by atoms with Crippen LogP contribution in [0.5, 0.6) is 0 Å². The van der Waals surface area contributed by atoms with Gasteiger partial charge in [-0.2, -0.15) is 0 Å². The molecule has 20 heavy (non-hydrogen) atoms. The van der Waals surface area contributed by atoms with Crippen molar-refractivity contribution in [1.29, 1.82) is 0 Å². The molecule has 2 heterocycles. The Morgan fingerprint density at radius 3 is 2.95 bits per heavy atom.